The Morgan fingerprint density at radius 2 is 1.95 bits per heavy atom. The molecule has 0 atom stereocenters. The number of imidazole rings is 1. The monoisotopic (exact) mass is 333 g/mol. The van der Waals surface area contributed by atoms with Gasteiger partial charge in [-0.25, -0.2) is 4.98 Å². The Balaban J connectivity index is 1.91. The molecule has 1 radical (unpaired) electrons. The average Bonchev–Trinajstić information content (AvgIpc) is 2.85. The maximum absolute atomic E-state index is 4.66. The molecule has 0 bridgehead atoms. The molecule has 1 N–H and O–H groups in total. The summed E-state index contributed by atoms with van der Waals surface area (Å²) in [6.45, 7) is 6.80. The molecule has 107 valence electrons. The number of halogens is 1. The number of nitrogens with zero attached hydrogens (tertiary/aromatic N) is 1. The van der Waals surface area contributed by atoms with Crippen LogP contribution in [0.4, 0.5) is 0 Å². The first kappa shape index (κ1) is 15.3. The van der Waals surface area contributed by atoms with Crippen LogP contribution in [-0.2, 0) is 12.8 Å². The van der Waals surface area contributed by atoms with Crippen molar-refractivity contribution in [2.75, 3.05) is 0 Å². The predicted molar refractivity (Wildman–Crippen MR) is 87.6 cm³/mol. The fraction of sp³-hybridized carbons (Fsp3) is 0.412. The number of hydrogen-bond donors (Lipinski definition) is 1. The van der Waals surface area contributed by atoms with Crippen molar-refractivity contribution in [2.24, 2.45) is 5.41 Å². The zero-order valence-electron chi connectivity index (χ0n) is 12.4. The molecule has 2 aromatic rings. The van der Waals surface area contributed by atoms with E-state index < -0.39 is 0 Å². The molecule has 0 aliphatic carbocycles. The van der Waals surface area contributed by atoms with E-state index in [1.807, 2.05) is 6.20 Å². The van der Waals surface area contributed by atoms with Gasteiger partial charge in [0.05, 0.1) is 5.69 Å². The quantitative estimate of drug-likeness (QED) is 0.796. The first-order valence-corrected chi connectivity index (χ1v) is 7.90. The summed E-state index contributed by atoms with van der Waals surface area (Å²) in [4.78, 5) is 7.91. The van der Waals surface area contributed by atoms with Gasteiger partial charge in [0.25, 0.3) is 0 Å². The molecule has 0 spiro atoms. The molecule has 0 aliphatic rings. The van der Waals surface area contributed by atoms with Crippen molar-refractivity contribution in [1.82, 2.24) is 9.97 Å². The largest absolute Gasteiger partial charge is 0.348 e. The molecule has 0 amide bonds. The van der Waals surface area contributed by atoms with E-state index in [4.69, 9.17) is 0 Å². The molecule has 20 heavy (non-hydrogen) atoms. The van der Waals surface area contributed by atoms with Crippen molar-refractivity contribution in [1.29, 1.82) is 0 Å². The lowest BCUT2D eigenvalue weighted by Gasteiger charge is -2.20. The highest BCUT2D eigenvalue weighted by atomic mass is 79.9. The number of aromatic amines is 1. The van der Waals surface area contributed by atoms with Crippen LogP contribution in [0, 0.1) is 11.8 Å². The topological polar surface area (TPSA) is 28.7 Å². The Morgan fingerprint density at radius 3 is 2.60 bits per heavy atom. The molecular formula is C17H22BrN2. The summed E-state index contributed by atoms with van der Waals surface area (Å²) in [5, 5.41) is 0. The van der Waals surface area contributed by atoms with Crippen molar-refractivity contribution >= 4 is 15.9 Å². The van der Waals surface area contributed by atoms with Crippen LogP contribution in [0.25, 0.3) is 0 Å². The second-order valence-electron chi connectivity index (χ2n) is 6.01. The van der Waals surface area contributed by atoms with E-state index in [1.165, 1.54) is 5.56 Å². The van der Waals surface area contributed by atoms with Gasteiger partial charge >= 0.3 is 0 Å². The third kappa shape index (κ3) is 4.48. The molecule has 1 heterocycles. The minimum absolute atomic E-state index is 0.318. The van der Waals surface area contributed by atoms with Gasteiger partial charge < -0.3 is 4.98 Å². The lowest BCUT2D eigenvalue weighted by Crippen LogP contribution is -2.13. The van der Waals surface area contributed by atoms with Gasteiger partial charge in [-0.05, 0) is 36.0 Å². The number of aromatic nitrogens is 2. The SMILES string of the molecule is CCC(C)(C)Cc1c[nH]c([CH]Cc2ccc(Br)cc2)n1. The summed E-state index contributed by atoms with van der Waals surface area (Å²) in [6.07, 6.45) is 7.26. The third-order valence-electron chi connectivity index (χ3n) is 3.71. The fourth-order valence-electron chi connectivity index (χ4n) is 2.02. The number of benzene rings is 1. The van der Waals surface area contributed by atoms with Crippen molar-refractivity contribution in [3.63, 3.8) is 0 Å². The smallest absolute Gasteiger partial charge is 0.110 e. The van der Waals surface area contributed by atoms with Crippen LogP contribution in [0.5, 0.6) is 0 Å². The molecule has 1 aromatic heterocycles. The van der Waals surface area contributed by atoms with Gasteiger partial charge in [-0.15, -0.1) is 0 Å². The van der Waals surface area contributed by atoms with Crippen molar-refractivity contribution in [3.05, 3.63) is 58.4 Å². The van der Waals surface area contributed by atoms with Crippen LogP contribution in [0.15, 0.2) is 34.9 Å². The molecule has 0 saturated heterocycles. The summed E-state index contributed by atoms with van der Waals surface area (Å²) in [5.74, 6) is 0.967. The van der Waals surface area contributed by atoms with Crippen LogP contribution < -0.4 is 0 Å². The molecule has 3 heteroatoms. The highest BCUT2D eigenvalue weighted by Gasteiger charge is 2.17. The van der Waals surface area contributed by atoms with E-state index in [-0.39, 0.29) is 0 Å². The summed E-state index contributed by atoms with van der Waals surface area (Å²) in [6, 6.07) is 8.40. The Bertz CT molecular complexity index is 540. The maximum Gasteiger partial charge on any atom is 0.110 e. The average molecular weight is 334 g/mol. The van der Waals surface area contributed by atoms with E-state index >= 15 is 0 Å². The predicted octanol–water partition coefficient (Wildman–Crippen LogP) is 4.95. The number of hydrogen-bond acceptors (Lipinski definition) is 1. The van der Waals surface area contributed by atoms with Gasteiger partial charge in [0, 0.05) is 17.1 Å². The maximum atomic E-state index is 4.66. The highest BCUT2D eigenvalue weighted by Crippen LogP contribution is 2.24. The molecule has 1 aromatic carbocycles. The summed E-state index contributed by atoms with van der Waals surface area (Å²) >= 11 is 3.45. The molecule has 2 rings (SSSR count). The lowest BCUT2D eigenvalue weighted by molar-refractivity contribution is 0.346. The molecule has 0 saturated carbocycles. The van der Waals surface area contributed by atoms with Crippen LogP contribution in [0.3, 0.4) is 0 Å². The van der Waals surface area contributed by atoms with Crippen LogP contribution in [-0.4, -0.2) is 9.97 Å². The van der Waals surface area contributed by atoms with Crippen LogP contribution in [0.1, 0.15) is 44.3 Å². The van der Waals surface area contributed by atoms with E-state index in [0.717, 1.165) is 35.3 Å². The van der Waals surface area contributed by atoms with E-state index in [1.54, 1.807) is 0 Å². The number of nitrogens with one attached hydrogen (secondary N) is 1. The Kier molecular flexibility index (Phi) is 5.03. The first-order valence-electron chi connectivity index (χ1n) is 7.10. The van der Waals surface area contributed by atoms with E-state index in [2.05, 4.69) is 77.4 Å². The summed E-state index contributed by atoms with van der Waals surface area (Å²) in [7, 11) is 0. The fourth-order valence-corrected chi connectivity index (χ4v) is 2.29. The zero-order valence-corrected chi connectivity index (χ0v) is 14.0. The Labute approximate surface area is 130 Å². The zero-order chi connectivity index (χ0) is 14.6. The van der Waals surface area contributed by atoms with Gasteiger partial charge in [-0.3, -0.25) is 0 Å². The minimum atomic E-state index is 0.318. The first-order chi connectivity index (χ1) is 9.48. The van der Waals surface area contributed by atoms with E-state index in [0.29, 0.717) is 5.41 Å². The van der Waals surface area contributed by atoms with E-state index in [9.17, 15) is 0 Å². The highest BCUT2D eigenvalue weighted by molar-refractivity contribution is 9.10. The van der Waals surface area contributed by atoms with Gasteiger partial charge in [-0.1, -0.05) is 55.3 Å². The molecule has 0 aliphatic heterocycles. The Hall–Kier alpha value is -1.09. The van der Waals surface area contributed by atoms with Crippen molar-refractivity contribution in [2.45, 2.75) is 40.0 Å². The second-order valence-corrected chi connectivity index (χ2v) is 6.92. The number of H-pyrrole nitrogens is 1. The molecule has 0 unspecified atom stereocenters. The number of rotatable bonds is 6. The Morgan fingerprint density at radius 1 is 1.25 bits per heavy atom. The summed E-state index contributed by atoms with van der Waals surface area (Å²) in [5.41, 5.74) is 2.76. The standard InChI is InChI=1S/C17H22BrN2/c1-4-17(2,3)11-15-12-19-16(20-15)10-7-13-5-8-14(18)9-6-13/h5-6,8-10,12H,4,7,11H2,1-3H3,(H,19,20). The molecule has 2 nitrogen and oxygen atoms in total. The van der Waals surface area contributed by atoms with Crippen LogP contribution in [0.2, 0.25) is 0 Å². The van der Waals surface area contributed by atoms with Gasteiger partial charge in [0.1, 0.15) is 5.82 Å². The van der Waals surface area contributed by atoms with Crippen LogP contribution >= 0.6 is 15.9 Å². The molecular weight excluding hydrogens is 312 g/mol. The second kappa shape index (κ2) is 6.57. The lowest BCUT2D eigenvalue weighted by atomic mass is 9.85. The molecule has 0 fully saturated rings. The van der Waals surface area contributed by atoms with Gasteiger partial charge in [0.15, 0.2) is 0 Å². The summed E-state index contributed by atoms with van der Waals surface area (Å²) < 4.78 is 1.11. The van der Waals surface area contributed by atoms with Gasteiger partial charge in [-0.2, -0.15) is 0 Å². The van der Waals surface area contributed by atoms with Gasteiger partial charge in [0.2, 0.25) is 0 Å². The van der Waals surface area contributed by atoms with Crippen molar-refractivity contribution < 1.29 is 0 Å². The minimum Gasteiger partial charge on any atom is -0.348 e. The normalized spacial score (nSPS) is 11.8. The van der Waals surface area contributed by atoms with Crippen molar-refractivity contribution in [3.8, 4) is 0 Å². The third-order valence-corrected chi connectivity index (χ3v) is 4.24.